The van der Waals surface area contributed by atoms with Crippen molar-refractivity contribution in [2.24, 2.45) is 11.8 Å². The molecule has 1 aromatic rings. The van der Waals surface area contributed by atoms with Crippen molar-refractivity contribution in [3.63, 3.8) is 0 Å². The van der Waals surface area contributed by atoms with Crippen molar-refractivity contribution in [1.82, 2.24) is 4.90 Å². The number of nitrogens with one attached hydrogen (secondary N) is 1. The van der Waals surface area contributed by atoms with Crippen LogP contribution in [0, 0.1) is 11.8 Å². The molecule has 1 saturated heterocycles. The number of fused-ring (bicyclic) bond motifs is 1. The third kappa shape index (κ3) is 3.35. The van der Waals surface area contributed by atoms with E-state index in [1.807, 2.05) is 24.3 Å². The van der Waals surface area contributed by atoms with Crippen molar-refractivity contribution in [3.05, 3.63) is 29.8 Å². The van der Waals surface area contributed by atoms with E-state index in [2.05, 4.69) is 12.2 Å². The average Bonchev–Trinajstić information content (AvgIpc) is 2.84. The smallest absolute Gasteiger partial charge is 0.233 e. The molecule has 24 heavy (non-hydrogen) atoms. The fraction of sp³-hybridized carbons (Fsp3) is 0.526. The summed E-state index contributed by atoms with van der Waals surface area (Å²) in [5, 5.41) is 2.84. The van der Waals surface area contributed by atoms with Crippen molar-refractivity contribution in [3.8, 4) is 0 Å². The minimum Gasteiger partial charge on any atom is -0.326 e. The molecule has 2 atom stereocenters. The first-order valence-corrected chi connectivity index (χ1v) is 8.84. The van der Waals surface area contributed by atoms with Crippen LogP contribution in [0.1, 0.15) is 44.6 Å². The van der Waals surface area contributed by atoms with Gasteiger partial charge in [-0.1, -0.05) is 31.9 Å². The van der Waals surface area contributed by atoms with E-state index in [1.54, 1.807) is 0 Å². The van der Waals surface area contributed by atoms with E-state index >= 15 is 0 Å². The van der Waals surface area contributed by atoms with E-state index in [0.717, 1.165) is 43.4 Å². The summed E-state index contributed by atoms with van der Waals surface area (Å²) in [6.45, 7) is 2.24. The quantitative estimate of drug-likeness (QED) is 0.845. The van der Waals surface area contributed by atoms with Crippen molar-refractivity contribution in [1.29, 1.82) is 0 Å². The van der Waals surface area contributed by atoms with Crippen molar-refractivity contribution >= 4 is 23.4 Å². The first-order chi connectivity index (χ1) is 11.6. The first kappa shape index (κ1) is 16.7. The fourth-order valence-electron chi connectivity index (χ4n) is 3.76. The number of rotatable bonds is 5. The predicted octanol–water partition coefficient (Wildman–Crippen LogP) is 2.75. The largest absolute Gasteiger partial charge is 0.326 e. The second-order valence-corrected chi connectivity index (χ2v) is 6.68. The van der Waals surface area contributed by atoms with E-state index in [0.29, 0.717) is 0 Å². The molecule has 2 aliphatic rings. The lowest BCUT2D eigenvalue weighted by Crippen LogP contribution is -2.34. The molecule has 1 aromatic carbocycles. The van der Waals surface area contributed by atoms with Crippen LogP contribution in [0.15, 0.2) is 24.3 Å². The van der Waals surface area contributed by atoms with Gasteiger partial charge in [-0.2, -0.15) is 0 Å². The van der Waals surface area contributed by atoms with Crippen LogP contribution in [-0.4, -0.2) is 29.2 Å². The zero-order valence-electron chi connectivity index (χ0n) is 14.1. The predicted molar refractivity (Wildman–Crippen MR) is 91.2 cm³/mol. The van der Waals surface area contributed by atoms with E-state index in [-0.39, 0.29) is 42.5 Å². The Labute approximate surface area is 142 Å². The number of benzene rings is 1. The van der Waals surface area contributed by atoms with E-state index in [1.165, 1.54) is 4.90 Å². The summed E-state index contributed by atoms with van der Waals surface area (Å²) in [4.78, 5) is 38.2. The van der Waals surface area contributed by atoms with Crippen molar-refractivity contribution in [2.45, 2.75) is 45.4 Å². The van der Waals surface area contributed by atoms with Crippen molar-refractivity contribution in [2.75, 3.05) is 11.9 Å². The summed E-state index contributed by atoms with van der Waals surface area (Å²) < 4.78 is 0. The Kier molecular flexibility index (Phi) is 4.97. The Morgan fingerprint density at radius 2 is 1.83 bits per heavy atom. The van der Waals surface area contributed by atoms with Gasteiger partial charge in [0.05, 0.1) is 11.8 Å². The van der Waals surface area contributed by atoms with E-state index < -0.39 is 0 Å². The van der Waals surface area contributed by atoms with Gasteiger partial charge in [-0.15, -0.1) is 0 Å². The number of anilines is 1. The highest BCUT2D eigenvalue weighted by Gasteiger charge is 2.47. The van der Waals surface area contributed by atoms with Gasteiger partial charge < -0.3 is 5.32 Å². The minimum atomic E-state index is -0.168. The van der Waals surface area contributed by atoms with Crippen LogP contribution in [0.5, 0.6) is 0 Å². The molecular formula is C19H24N2O3. The molecule has 0 unspecified atom stereocenters. The van der Waals surface area contributed by atoms with E-state index in [9.17, 15) is 14.4 Å². The highest BCUT2D eigenvalue weighted by atomic mass is 16.2. The monoisotopic (exact) mass is 328 g/mol. The SMILES string of the molecule is CCc1cccc(NC(=O)CCN2C(=O)[C@H]3CCCC[C@@H]3C2=O)c1. The van der Waals surface area contributed by atoms with Gasteiger partial charge >= 0.3 is 0 Å². The molecule has 0 radical (unpaired) electrons. The number of likely N-dealkylation sites (tertiary alicyclic amines) is 1. The number of hydrogen-bond acceptors (Lipinski definition) is 3. The highest BCUT2D eigenvalue weighted by Crippen LogP contribution is 2.37. The lowest BCUT2D eigenvalue weighted by molar-refractivity contribution is -0.140. The maximum Gasteiger partial charge on any atom is 0.233 e. The maximum absolute atomic E-state index is 12.4. The molecule has 0 aromatic heterocycles. The summed E-state index contributed by atoms with van der Waals surface area (Å²) in [7, 11) is 0. The van der Waals surface area contributed by atoms with Crippen LogP contribution in [-0.2, 0) is 20.8 Å². The molecule has 1 aliphatic carbocycles. The Hall–Kier alpha value is -2.17. The number of hydrogen-bond donors (Lipinski definition) is 1. The first-order valence-electron chi connectivity index (χ1n) is 8.84. The second kappa shape index (κ2) is 7.16. The fourth-order valence-corrected chi connectivity index (χ4v) is 3.76. The van der Waals surface area contributed by atoms with Gasteiger partial charge in [-0.3, -0.25) is 19.3 Å². The van der Waals surface area contributed by atoms with Crippen LogP contribution in [0.3, 0.4) is 0 Å². The minimum absolute atomic E-state index is 0.0783. The van der Waals surface area contributed by atoms with Gasteiger partial charge in [-0.05, 0) is 37.0 Å². The molecular weight excluding hydrogens is 304 g/mol. The molecule has 5 heteroatoms. The van der Waals surface area contributed by atoms with Gasteiger partial charge in [0, 0.05) is 18.7 Å². The van der Waals surface area contributed by atoms with Gasteiger partial charge in [0.2, 0.25) is 17.7 Å². The maximum atomic E-state index is 12.4. The normalized spacial score (nSPS) is 23.3. The number of aryl methyl sites for hydroxylation is 1. The molecule has 128 valence electrons. The molecule has 2 fully saturated rings. The van der Waals surface area contributed by atoms with Crippen LogP contribution < -0.4 is 5.32 Å². The number of nitrogens with zero attached hydrogens (tertiary/aromatic N) is 1. The van der Waals surface area contributed by atoms with Crippen LogP contribution in [0.2, 0.25) is 0 Å². The zero-order chi connectivity index (χ0) is 17.1. The number of imide groups is 1. The Morgan fingerprint density at radius 3 is 2.46 bits per heavy atom. The van der Waals surface area contributed by atoms with Crippen LogP contribution in [0.4, 0.5) is 5.69 Å². The number of carbonyl (C=O) groups is 3. The lowest BCUT2D eigenvalue weighted by Gasteiger charge is -2.19. The topological polar surface area (TPSA) is 66.5 Å². The molecule has 5 nitrogen and oxygen atoms in total. The molecule has 0 bridgehead atoms. The molecule has 1 heterocycles. The molecule has 1 aliphatic heterocycles. The summed E-state index contributed by atoms with van der Waals surface area (Å²) in [5.74, 6) is -0.610. The molecule has 3 amide bonds. The molecule has 0 spiro atoms. The average molecular weight is 328 g/mol. The third-order valence-corrected chi connectivity index (χ3v) is 5.11. The number of carbonyl (C=O) groups excluding carboxylic acids is 3. The second-order valence-electron chi connectivity index (χ2n) is 6.68. The Morgan fingerprint density at radius 1 is 1.17 bits per heavy atom. The number of amides is 3. The molecule has 3 rings (SSSR count). The van der Waals surface area contributed by atoms with Crippen molar-refractivity contribution < 1.29 is 14.4 Å². The van der Waals surface area contributed by atoms with Crippen LogP contribution >= 0.6 is 0 Å². The summed E-state index contributed by atoms with van der Waals surface area (Å²) >= 11 is 0. The van der Waals surface area contributed by atoms with Crippen LogP contribution in [0.25, 0.3) is 0 Å². The zero-order valence-corrected chi connectivity index (χ0v) is 14.1. The summed E-state index contributed by atoms with van der Waals surface area (Å²) in [6, 6.07) is 7.71. The lowest BCUT2D eigenvalue weighted by atomic mass is 9.81. The van der Waals surface area contributed by atoms with Gasteiger partial charge in [0.25, 0.3) is 0 Å². The van der Waals surface area contributed by atoms with E-state index in [4.69, 9.17) is 0 Å². The Bertz CT molecular complexity index is 632. The summed E-state index contributed by atoms with van der Waals surface area (Å²) in [6.07, 6.45) is 4.70. The standard InChI is InChI=1S/C19H24N2O3/c1-2-13-6-5-7-14(12-13)20-17(22)10-11-21-18(23)15-8-3-4-9-16(15)19(21)24/h5-7,12,15-16H,2-4,8-11H2,1H3,(H,20,22)/t15-,16-/m0/s1. The highest BCUT2D eigenvalue weighted by molar-refractivity contribution is 6.05. The van der Waals surface area contributed by atoms with Gasteiger partial charge in [0.1, 0.15) is 0 Å². The molecule has 1 N–H and O–H groups in total. The van der Waals surface area contributed by atoms with Gasteiger partial charge in [0.15, 0.2) is 0 Å². The Balaban J connectivity index is 1.56. The van der Waals surface area contributed by atoms with Gasteiger partial charge in [-0.25, -0.2) is 0 Å². The summed E-state index contributed by atoms with van der Waals surface area (Å²) in [5.41, 5.74) is 1.91. The molecule has 1 saturated carbocycles. The third-order valence-electron chi connectivity index (χ3n) is 5.11.